The Balaban J connectivity index is 1.17. The average molecular weight is 829 g/mol. The first-order valence-corrected chi connectivity index (χ1v) is 19.3. The number of hydrogen-bond acceptors (Lipinski definition) is 11. The molecule has 0 aliphatic rings. The summed E-state index contributed by atoms with van der Waals surface area (Å²) in [5.74, 6) is 1.62. The first kappa shape index (κ1) is 42.1. The zero-order valence-electron chi connectivity index (χ0n) is 32.3. The summed E-state index contributed by atoms with van der Waals surface area (Å²) >= 11 is 13.3. The van der Waals surface area contributed by atoms with Crippen LogP contribution in [0.25, 0.3) is 11.1 Å². The average Bonchev–Trinajstić information content (AvgIpc) is 3.25. The number of carbonyl (C=O) groups excluding carboxylic acids is 1. The molecular formula is C46H39Cl2N5O6. The van der Waals surface area contributed by atoms with Crippen molar-refractivity contribution in [3.8, 4) is 46.3 Å². The normalized spacial score (nSPS) is 10.7. The Morgan fingerprint density at radius 1 is 0.661 bits per heavy atom. The molecule has 0 saturated heterocycles. The second-order valence-electron chi connectivity index (χ2n) is 13.5. The third kappa shape index (κ3) is 10.7. The predicted molar refractivity (Wildman–Crippen MR) is 224 cm³/mol. The number of nitrogens with one attached hydrogen (secondary N) is 1. The number of aliphatic hydroxyl groups excluding tert-OH is 1. The topological polar surface area (TPSA) is 160 Å². The summed E-state index contributed by atoms with van der Waals surface area (Å²) in [4.78, 5) is 20.0. The van der Waals surface area contributed by atoms with Gasteiger partial charge in [0.1, 0.15) is 61.6 Å². The van der Waals surface area contributed by atoms with Crippen LogP contribution in [0.5, 0.6) is 23.0 Å². The van der Waals surface area contributed by atoms with Crippen molar-refractivity contribution in [1.29, 1.82) is 10.5 Å². The minimum Gasteiger partial charge on any atom is -0.488 e. The number of ether oxygens (including phenoxy) is 4. The van der Waals surface area contributed by atoms with Crippen LogP contribution < -0.4 is 24.3 Å². The summed E-state index contributed by atoms with van der Waals surface area (Å²) < 4.78 is 24.7. The lowest BCUT2D eigenvalue weighted by atomic mass is 9.92. The predicted octanol–water partition coefficient (Wildman–Crippen LogP) is 9.02. The van der Waals surface area contributed by atoms with Crippen molar-refractivity contribution in [3.63, 3.8) is 0 Å². The van der Waals surface area contributed by atoms with E-state index in [1.807, 2.05) is 31.2 Å². The number of aromatic nitrogens is 2. The molecule has 0 aliphatic carbocycles. The Morgan fingerprint density at radius 3 is 1.69 bits per heavy atom. The number of benzene rings is 4. The highest BCUT2D eigenvalue weighted by atomic mass is 35.5. The molecule has 59 heavy (non-hydrogen) atoms. The number of aliphatic hydroxyl groups is 1. The van der Waals surface area contributed by atoms with Gasteiger partial charge in [0.2, 0.25) is 0 Å². The Kier molecular flexibility index (Phi) is 14.5. The van der Waals surface area contributed by atoms with E-state index in [0.29, 0.717) is 58.3 Å². The van der Waals surface area contributed by atoms with Crippen molar-refractivity contribution in [2.24, 2.45) is 0 Å². The van der Waals surface area contributed by atoms with E-state index >= 15 is 0 Å². The second-order valence-corrected chi connectivity index (χ2v) is 14.3. The fourth-order valence-corrected chi connectivity index (χ4v) is 6.76. The van der Waals surface area contributed by atoms with Crippen LogP contribution >= 0.6 is 23.2 Å². The second kappa shape index (κ2) is 20.3. The molecule has 0 aliphatic heterocycles. The molecule has 0 bridgehead atoms. The van der Waals surface area contributed by atoms with Crippen LogP contribution in [0.3, 0.4) is 0 Å². The van der Waals surface area contributed by atoms with E-state index in [0.717, 1.165) is 44.5 Å². The van der Waals surface area contributed by atoms with Gasteiger partial charge in [0, 0.05) is 66.7 Å². The van der Waals surface area contributed by atoms with E-state index in [2.05, 4.69) is 46.5 Å². The number of rotatable bonds is 18. The van der Waals surface area contributed by atoms with Crippen LogP contribution in [0.4, 0.5) is 0 Å². The number of aldehydes is 1. The summed E-state index contributed by atoms with van der Waals surface area (Å²) in [5, 5.41) is 31.6. The van der Waals surface area contributed by atoms with Gasteiger partial charge in [-0.15, -0.1) is 0 Å². The van der Waals surface area contributed by atoms with Crippen LogP contribution in [0.1, 0.15) is 60.4 Å². The van der Waals surface area contributed by atoms with Crippen molar-refractivity contribution < 1.29 is 28.8 Å². The van der Waals surface area contributed by atoms with Gasteiger partial charge in [0.25, 0.3) is 0 Å². The zero-order chi connectivity index (χ0) is 41.7. The maximum Gasteiger partial charge on any atom is 0.153 e. The first-order chi connectivity index (χ1) is 28.7. The summed E-state index contributed by atoms with van der Waals surface area (Å²) in [6, 6.07) is 26.3. The third-order valence-electron chi connectivity index (χ3n) is 9.50. The molecule has 298 valence electrons. The molecule has 6 rings (SSSR count). The summed E-state index contributed by atoms with van der Waals surface area (Å²) in [5.41, 5.74) is 9.28. The monoisotopic (exact) mass is 827 g/mol. The number of nitriles is 2. The molecule has 4 aromatic carbocycles. The molecule has 6 aromatic rings. The first-order valence-electron chi connectivity index (χ1n) is 18.5. The molecule has 0 saturated carbocycles. The number of halogens is 2. The molecule has 0 fully saturated rings. The summed E-state index contributed by atoms with van der Waals surface area (Å²) in [6.07, 6.45) is 6.86. The van der Waals surface area contributed by atoms with Gasteiger partial charge < -0.3 is 29.4 Å². The molecule has 0 spiro atoms. The van der Waals surface area contributed by atoms with Gasteiger partial charge in [-0.2, -0.15) is 10.5 Å². The highest BCUT2D eigenvalue weighted by Crippen LogP contribution is 2.37. The lowest BCUT2D eigenvalue weighted by Crippen LogP contribution is -2.18. The lowest BCUT2D eigenvalue weighted by Gasteiger charge is -2.18. The van der Waals surface area contributed by atoms with Gasteiger partial charge in [-0.3, -0.25) is 14.8 Å². The maximum absolute atomic E-state index is 11.9. The Labute approximate surface area is 352 Å². The standard InChI is InChI=1S/C46H39Cl2N5O6/c1-29-35(27-58-45-15-43(37(13-41(45)47)23-51-9-10-54)56-25-33-11-31(17-49)19-52-21-33)5-3-7-39(29)40-8-4-6-36(30(40)2)28-59-46-16-44(38(24-55)14-42(46)48)57-26-34-12-32(18-50)20-53-22-34/h3-8,11-16,19-22,24,51,54H,9-10,23,25-28H2,1-2H3. The minimum atomic E-state index is -0.0151. The molecule has 2 N–H and O–H groups in total. The van der Waals surface area contributed by atoms with Crippen LogP contribution in [0.2, 0.25) is 10.0 Å². The largest absolute Gasteiger partial charge is 0.488 e. The van der Waals surface area contributed by atoms with E-state index in [1.165, 1.54) is 18.5 Å². The number of hydrogen-bond donors (Lipinski definition) is 2. The minimum absolute atomic E-state index is 0.0151. The van der Waals surface area contributed by atoms with Gasteiger partial charge in [-0.25, -0.2) is 0 Å². The Morgan fingerprint density at radius 2 is 1.17 bits per heavy atom. The smallest absolute Gasteiger partial charge is 0.153 e. The van der Waals surface area contributed by atoms with E-state index < -0.39 is 0 Å². The van der Waals surface area contributed by atoms with E-state index in [1.54, 1.807) is 42.7 Å². The highest BCUT2D eigenvalue weighted by Gasteiger charge is 2.17. The number of nitrogens with zero attached hydrogens (tertiary/aromatic N) is 4. The fraction of sp³-hybridized carbons (Fsp3) is 0.196. The van der Waals surface area contributed by atoms with Gasteiger partial charge >= 0.3 is 0 Å². The molecule has 0 unspecified atom stereocenters. The quantitative estimate of drug-likeness (QED) is 0.0629. The highest BCUT2D eigenvalue weighted by molar-refractivity contribution is 6.32. The van der Waals surface area contributed by atoms with Gasteiger partial charge in [0.05, 0.1) is 33.3 Å². The van der Waals surface area contributed by atoms with Crippen molar-refractivity contribution >= 4 is 29.5 Å². The molecule has 0 atom stereocenters. The Hall–Kier alpha value is -6.47. The third-order valence-corrected chi connectivity index (χ3v) is 10.1. The maximum atomic E-state index is 11.9. The van der Waals surface area contributed by atoms with Crippen molar-refractivity contribution in [1.82, 2.24) is 15.3 Å². The van der Waals surface area contributed by atoms with Crippen LogP contribution in [-0.2, 0) is 33.0 Å². The van der Waals surface area contributed by atoms with Gasteiger partial charge in [-0.1, -0.05) is 59.6 Å². The zero-order valence-corrected chi connectivity index (χ0v) is 33.8. The molecular weight excluding hydrogens is 789 g/mol. The lowest BCUT2D eigenvalue weighted by molar-refractivity contribution is 0.111. The van der Waals surface area contributed by atoms with Gasteiger partial charge in [-0.05, 0) is 71.5 Å². The van der Waals surface area contributed by atoms with Crippen molar-refractivity contribution in [2.75, 3.05) is 13.2 Å². The van der Waals surface area contributed by atoms with Crippen LogP contribution in [-0.4, -0.2) is 34.5 Å². The van der Waals surface area contributed by atoms with Crippen molar-refractivity contribution in [3.05, 3.63) is 163 Å². The molecule has 2 aromatic heterocycles. The van der Waals surface area contributed by atoms with Crippen molar-refractivity contribution in [2.45, 2.75) is 46.8 Å². The van der Waals surface area contributed by atoms with E-state index in [9.17, 15) is 20.4 Å². The fourth-order valence-electron chi connectivity index (χ4n) is 6.29. The molecule has 0 amide bonds. The SMILES string of the molecule is Cc1c(COc2cc(OCc3cncc(C#N)c3)c(C=O)cc2Cl)cccc1-c1cccc(COc2cc(OCc3cncc(C#N)c3)c(CNCCO)cc2Cl)c1C. The van der Waals surface area contributed by atoms with Gasteiger partial charge in [0.15, 0.2) is 6.29 Å². The Bertz CT molecular complexity index is 2550. The summed E-state index contributed by atoms with van der Waals surface area (Å²) in [7, 11) is 0. The van der Waals surface area contributed by atoms with E-state index in [4.69, 9.17) is 42.1 Å². The summed E-state index contributed by atoms with van der Waals surface area (Å²) in [6.45, 7) is 5.58. The number of carbonyl (C=O) groups is 1. The van der Waals surface area contributed by atoms with E-state index in [-0.39, 0.29) is 49.4 Å². The molecule has 13 heteroatoms. The van der Waals surface area contributed by atoms with Crippen LogP contribution in [0.15, 0.2) is 97.6 Å². The number of pyridine rings is 2. The molecule has 2 heterocycles. The molecule has 0 radical (unpaired) electrons. The molecule has 11 nitrogen and oxygen atoms in total. The van der Waals surface area contributed by atoms with Crippen LogP contribution in [0, 0.1) is 36.5 Å².